The number of esters is 2. The first kappa shape index (κ1) is 23.3. The lowest BCUT2D eigenvalue weighted by Crippen LogP contribution is -2.54. The summed E-state index contributed by atoms with van der Waals surface area (Å²) in [6.07, 6.45) is 4.27. The van der Waals surface area contributed by atoms with Crippen molar-refractivity contribution in [3.63, 3.8) is 0 Å². The van der Waals surface area contributed by atoms with Crippen molar-refractivity contribution in [2.45, 2.75) is 79.6 Å². The monoisotopic (exact) mass is 430 g/mol. The minimum atomic E-state index is -0.640. The second-order valence-electron chi connectivity index (χ2n) is 9.44. The second-order valence-corrected chi connectivity index (χ2v) is 9.44. The van der Waals surface area contributed by atoms with Gasteiger partial charge in [-0.25, -0.2) is 9.59 Å². The first-order chi connectivity index (χ1) is 14.5. The Morgan fingerprint density at radius 3 is 2.52 bits per heavy atom. The molecule has 0 spiro atoms. The number of aliphatic hydroxyl groups is 1. The van der Waals surface area contributed by atoms with E-state index in [1.54, 1.807) is 26.2 Å². The molecule has 0 aliphatic heterocycles. The van der Waals surface area contributed by atoms with E-state index in [1.807, 2.05) is 34.6 Å². The van der Waals surface area contributed by atoms with Gasteiger partial charge in [-0.2, -0.15) is 0 Å². The van der Waals surface area contributed by atoms with Crippen LogP contribution in [0.25, 0.3) is 0 Å². The summed E-state index contributed by atoms with van der Waals surface area (Å²) < 4.78 is 17.9. The number of hydrogen-bond acceptors (Lipinski definition) is 6. The Hall–Kier alpha value is -2.34. The molecule has 0 saturated heterocycles. The molecule has 31 heavy (non-hydrogen) atoms. The fourth-order valence-corrected chi connectivity index (χ4v) is 5.13. The van der Waals surface area contributed by atoms with E-state index < -0.39 is 35.7 Å². The number of fused-ring (bicyclic) bond motifs is 2. The lowest BCUT2D eigenvalue weighted by atomic mass is 9.52. The van der Waals surface area contributed by atoms with Crippen LogP contribution in [0, 0.1) is 24.2 Å². The third-order valence-electron chi connectivity index (χ3n) is 7.26. The second kappa shape index (κ2) is 8.65. The van der Waals surface area contributed by atoms with Gasteiger partial charge in [-0.05, 0) is 58.9 Å². The molecule has 6 nitrogen and oxygen atoms in total. The number of hydrogen-bond donors (Lipinski definition) is 1. The maximum atomic E-state index is 12.7. The molecule has 6 unspecified atom stereocenters. The molecule has 1 heterocycles. The molecule has 2 aliphatic rings. The smallest absolute Gasteiger partial charge is 0.334 e. The number of aryl methyl sites for hydroxylation is 1. The number of furan rings is 1. The third-order valence-corrected chi connectivity index (χ3v) is 7.26. The zero-order valence-corrected chi connectivity index (χ0v) is 19.5. The normalized spacial score (nSPS) is 32.5. The highest BCUT2D eigenvalue weighted by molar-refractivity contribution is 5.87. The van der Waals surface area contributed by atoms with Crippen molar-refractivity contribution in [3.05, 3.63) is 46.4 Å². The Morgan fingerprint density at radius 1 is 1.23 bits per heavy atom. The summed E-state index contributed by atoms with van der Waals surface area (Å²) in [6.45, 7) is 13.1. The molecule has 2 aliphatic carbocycles. The predicted molar refractivity (Wildman–Crippen MR) is 116 cm³/mol. The maximum absolute atomic E-state index is 12.7. The topological polar surface area (TPSA) is 86.0 Å². The van der Waals surface area contributed by atoms with Gasteiger partial charge in [0.25, 0.3) is 0 Å². The van der Waals surface area contributed by atoms with Crippen LogP contribution in [0.2, 0.25) is 0 Å². The number of carbonyl (C=O) groups excluding carboxylic acids is 2. The summed E-state index contributed by atoms with van der Waals surface area (Å²) in [6, 6.07) is 0. The maximum Gasteiger partial charge on any atom is 0.334 e. The summed E-state index contributed by atoms with van der Waals surface area (Å²) in [4.78, 5) is 25.4. The molecule has 0 aromatic carbocycles. The van der Waals surface area contributed by atoms with E-state index in [9.17, 15) is 14.7 Å². The van der Waals surface area contributed by atoms with Crippen molar-refractivity contribution >= 4 is 11.9 Å². The van der Waals surface area contributed by atoms with Gasteiger partial charge >= 0.3 is 11.9 Å². The summed E-state index contributed by atoms with van der Waals surface area (Å²) >= 11 is 0. The van der Waals surface area contributed by atoms with E-state index in [4.69, 9.17) is 13.9 Å². The first-order valence-corrected chi connectivity index (χ1v) is 11.0. The van der Waals surface area contributed by atoms with E-state index in [0.717, 1.165) is 16.7 Å². The van der Waals surface area contributed by atoms with Crippen LogP contribution in [0.5, 0.6) is 0 Å². The standard InChI is InChI=1S/C25H34O6/c1-8-14(4)24(28)31-21-17-9-10-18(26)16(6)25(17,7)23(30-19(27)11-13(2)3)20-15(5)12-29-22(20)21/h8,11-12,16-18,21,23,26H,9-10H2,1-7H3. The van der Waals surface area contributed by atoms with Crippen LogP contribution in [-0.4, -0.2) is 23.1 Å². The van der Waals surface area contributed by atoms with E-state index in [0.29, 0.717) is 24.2 Å². The minimum Gasteiger partial charge on any atom is -0.465 e. The predicted octanol–water partition coefficient (Wildman–Crippen LogP) is 5.12. The average molecular weight is 431 g/mol. The number of rotatable bonds is 4. The molecule has 6 heteroatoms. The van der Waals surface area contributed by atoms with E-state index in [2.05, 4.69) is 0 Å². The van der Waals surface area contributed by atoms with Crippen molar-refractivity contribution in [3.8, 4) is 0 Å². The molecule has 0 radical (unpaired) electrons. The first-order valence-electron chi connectivity index (χ1n) is 11.0. The van der Waals surface area contributed by atoms with Crippen LogP contribution in [0.1, 0.15) is 83.5 Å². The zero-order chi connectivity index (χ0) is 23.1. The molecule has 0 amide bonds. The highest BCUT2D eigenvalue weighted by Gasteiger charge is 2.61. The van der Waals surface area contributed by atoms with Gasteiger partial charge in [0, 0.05) is 28.5 Å². The van der Waals surface area contributed by atoms with E-state index in [1.165, 1.54) is 6.08 Å². The Balaban J connectivity index is 2.15. The zero-order valence-electron chi connectivity index (χ0n) is 19.5. The van der Waals surface area contributed by atoms with Gasteiger partial charge in [-0.15, -0.1) is 0 Å². The van der Waals surface area contributed by atoms with Gasteiger partial charge in [0.1, 0.15) is 6.10 Å². The van der Waals surface area contributed by atoms with Crippen molar-refractivity contribution in [1.82, 2.24) is 0 Å². The molecule has 6 atom stereocenters. The SMILES string of the molecule is CC=C(C)C(=O)OC1c2occ(C)c2C(OC(=O)C=C(C)C)C2(C)C(C)C(O)CCC12. The summed E-state index contributed by atoms with van der Waals surface area (Å²) in [5.41, 5.74) is 2.30. The Morgan fingerprint density at radius 2 is 1.90 bits per heavy atom. The summed E-state index contributed by atoms with van der Waals surface area (Å²) in [5, 5.41) is 10.7. The summed E-state index contributed by atoms with van der Waals surface area (Å²) in [7, 11) is 0. The molecule has 1 saturated carbocycles. The Bertz CT molecular complexity index is 918. The lowest BCUT2D eigenvalue weighted by Gasteiger charge is -2.55. The van der Waals surface area contributed by atoms with Crippen molar-refractivity contribution < 1.29 is 28.6 Å². The van der Waals surface area contributed by atoms with Crippen LogP contribution < -0.4 is 0 Å². The van der Waals surface area contributed by atoms with Crippen LogP contribution in [0.3, 0.4) is 0 Å². The van der Waals surface area contributed by atoms with Crippen molar-refractivity contribution in [2.75, 3.05) is 0 Å². The van der Waals surface area contributed by atoms with Crippen molar-refractivity contribution in [2.24, 2.45) is 17.3 Å². The molecule has 1 aromatic heterocycles. The molecule has 1 N–H and O–H groups in total. The van der Waals surface area contributed by atoms with Crippen LogP contribution in [-0.2, 0) is 19.1 Å². The molecule has 0 bridgehead atoms. The Labute approximate surface area is 184 Å². The van der Waals surface area contributed by atoms with Gasteiger partial charge in [0.15, 0.2) is 11.9 Å². The molecular weight excluding hydrogens is 396 g/mol. The fourth-order valence-electron chi connectivity index (χ4n) is 5.13. The molecular formula is C25H34O6. The third kappa shape index (κ3) is 3.98. The van der Waals surface area contributed by atoms with E-state index in [-0.39, 0.29) is 11.8 Å². The van der Waals surface area contributed by atoms with Crippen LogP contribution in [0.15, 0.2) is 34.0 Å². The largest absolute Gasteiger partial charge is 0.465 e. The molecule has 1 fully saturated rings. The van der Waals surface area contributed by atoms with Crippen LogP contribution in [0.4, 0.5) is 0 Å². The average Bonchev–Trinajstić information content (AvgIpc) is 3.08. The molecule has 1 aromatic rings. The lowest BCUT2D eigenvalue weighted by molar-refractivity contribution is -0.198. The van der Waals surface area contributed by atoms with Crippen LogP contribution >= 0.6 is 0 Å². The number of allylic oxidation sites excluding steroid dienone is 2. The molecule has 170 valence electrons. The fraction of sp³-hybridized carbons (Fsp3) is 0.600. The highest BCUT2D eigenvalue weighted by Crippen LogP contribution is 2.63. The van der Waals surface area contributed by atoms with Gasteiger partial charge in [-0.1, -0.05) is 25.5 Å². The van der Waals surface area contributed by atoms with Crippen molar-refractivity contribution in [1.29, 1.82) is 0 Å². The number of ether oxygens (including phenoxy) is 2. The van der Waals surface area contributed by atoms with Gasteiger partial charge in [0.05, 0.1) is 12.4 Å². The highest BCUT2D eigenvalue weighted by atomic mass is 16.6. The number of aliphatic hydroxyl groups excluding tert-OH is 1. The molecule has 3 rings (SSSR count). The van der Waals surface area contributed by atoms with Gasteiger partial charge in [-0.3, -0.25) is 0 Å². The minimum absolute atomic E-state index is 0.165. The Kier molecular flexibility index (Phi) is 6.51. The quantitative estimate of drug-likeness (QED) is 0.527. The van der Waals surface area contributed by atoms with Gasteiger partial charge < -0.3 is 19.0 Å². The van der Waals surface area contributed by atoms with E-state index >= 15 is 0 Å². The number of carbonyl (C=O) groups is 2. The van der Waals surface area contributed by atoms with Gasteiger partial charge in [0.2, 0.25) is 0 Å². The summed E-state index contributed by atoms with van der Waals surface area (Å²) in [5.74, 6) is -0.627.